The minimum atomic E-state index is 0.294. The summed E-state index contributed by atoms with van der Waals surface area (Å²) in [5, 5.41) is 0. The fraction of sp³-hybridized carbons (Fsp3) is 0.917. The molecule has 0 spiro atoms. The normalized spacial score (nSPS) is 23.5. The highest BCUT2D eigenvalue weighted by atomic mass is 16.2. The lowest BCUT2D eigenvalue weighted by Gasteiger charge is -2.34. The summed E-state index contributed by atoms with van der Waals surface area (Å²) in [6, 6.07) is 0.294. The van der Waals surface area contributed by atoms with Gasteiger partial charge in [0, 0.05) is 26.2 Å². The van der Waals surface area contributed by atoms with E-state index >= 15 is 0 Å². The van der Waals surface area contributed by atoms with Gasteiger partial charge in [0.15, 0.2) is 0 Å². The fourth-order valence-electron chi connectivity index (χ4n) is 2.64. The van der Waals surface area contributed by atoms with Crippen LogP contribution in [0.15, 0.2) is 0 Å². The first-order valence-corrected chi connectivity index (χ1v) is 6.35. The zero-order valence-corrected chi connectivity index (χ0v) is 9.74. The van der Waals surface area contributed by atoms with Gasteiger partial charge >= 0.3 is 6.03 Å². The second-order valence-corrected chi connectivity index (χ2v) is 4.82. The first-order valence-electron chi connectivity index (χ1n) is 6.35. The average Bonchev–Trinajstić information content (AvgIpc) is 2.82. The topological polar surface area (TPSA) is 23.6 Å². The van der Waals surface area contributed by atoms with Gasteiger partial charge in [0.05, 0.1) is 0 Å². The first kappa shape index (κ1) is 10.8. The van der Waals surface area contributed by atoms with Gasteiger partial charge in [-0.1, -0.05) is 13.3 Å². The third-order valence-electron chi connectivity index (χ3n) is 3.84. The zero-order valence-electron chi connectivity index (χ0n) is 9.74. The molecule has 0 N–H and O–H groups in total. The number of rotatable bonds is 1. The third-order valence-corrected chi connectivity index (χ3v) is 3.84. The van der Waals surface area contributed by atoms with E-state index in [0.717, 1.165) is 32.1 Å². The van der Waals surface area contributed by atoms with Crippen LogP contribution in [-0.4, -0.2) is 42.0 Å². The van der Waals surface area contributed by atoms with Crippen LogP contribution in [0.4, 0.5) is 4.79 Å². The van der Waals surface area contributed by atoms with Crippen LogP contribution >= 0.6 is 0 Å². The number of amides is 2. The maximum Gasteiger partial charge on any atom is 0.319 e. The molecule has 3 nitrogen and oxygen atoms in total. The second-order valence-electron chi connectivity index (χ2n) is 4.82. The Hall–Kier alpha value is -0.730. The van der Waals surface area contributed by atoms with Crippen LogP contribution in [-0.2, 0) is 0 Å². The van der Waals surface area contributed by atoms with Crippen molar-refractivity contribution in [3.8, 4) is 0 Å². The van der Waals surface area contributed by atoms with E-state index in [2.05, 4.69) is 11.8 Å². The van der Waals surface area contributed by atoms with E-state index in [9.17, 15) is 4.79 Å². The minimum absolute atomic E-state index is 0.294. The van der Waals surface area contributed by atoms with Crippen LogP contribution in [0.2, 0.25) is 0 Å². The molecular weight excluding hydrogens is 188 g/mol. The molecule has 86 valence electrons. The number of carbonyl (C=O) groups is 1. The molecule has 0 aromatic rings. The molecule has 2 rings (SSSR count). The van der Waals surface area contributed by atoms with Crippen molar-refractivity contribution in [3.05, 3.63) is 0 Å². The van der Waals surface area contributed by atoms with Gasteiger partial charge in [-0.2, -0.15) is 0 Å². The molecule has 0 aromatic heterocycles. The highest BCUT2D eigenvalue weighted by Crippen LogP contribution is 2.21. The van der Waals surface area contributed by atoms with Gasteiger partial charge in [-0.3, -0.25) is 0 Å². The third kappa shape index (κ3) is 2.44. The quantitative estimate of drug-likeness (QED) is 0.651. The lowest BCUT2D eigenvalue weighted by molar-refractivity contribution is 0.139. The standard InChI is InChI=1S/C12H22N2O/c1-2-11-5-9-14(10-6-11)12(15)13-7-3-4-8-13/h11H,2-10H2,1H3. The monoisotopic (exact) mass is 210 g/mol. The summed E-state index contributed by atoms with van der Waals surface area (Å²) in [5.41, 5.74) is 0. The highest BCUT2D eigenvalue weighted by Gasteiger charge is 2.26. The molecule has 2 aliphatic rings. The maximum absolute atomic E-state index is 12.0. The Morgan fingerprint density at radius 1 is 1.07 bits per heavy atom. The lowest BCUT2D eigenvalue weighted by Crippen LogP contribution is -2.45. The van der Waals surface area contributed by atoms with Crippen molar-refractivity contribution < 1.29 is 4.79 Å². The molecule has 0 atom stereocenters. The SMILES string of the molecule is CCC1CCN(C(=O)N2CCCC2)CC1. The molecule has 2 saturated heterocycles. The molecule has 0 unspecified atom stereocenters. The molecule has 0 radical (unpaired) electrons. The van der Waals surface area contributed by atoms with Gasteiger partial charge in [0.2, 0.25) is 0 Å². The molecule has 0 bridgehead atoms. The van der Waals surface area contributed by atoms with Gasteiger partial charge < -0.3 is 9.80 Å². The Bertz CT molecular complexity index is 216. The number of likely N-dealkylation sites (tertiary alicyclic amines) is 2. The molecule has 0 saturated carbocycles. The molecule has 0 aromatic carbocycles. The van der Waals surface area contributed by atoms with Gasteiger partial charge in [-0.25, -0.2) is 4.79 Å². The fourth-order valence-corrected chi connectivity index (χ4v) is 2.64. The van der Waals surface area contributed by atoms with Gasteiger partial charge in [0.25, 0.3) is 0 Å². The number of hydrogen-bond acceptors (Lipinski definition) is 1. The summed E-state index contributed by atoms with van der Waals surface area (Å²) in [6.07, 6.45) is 6.06. The molecule has 2 aliphatic heterocycles. The predicted octanol–water partition coefficient (Wildman–Crippen LogP) is 2.32. The summed E-state index contributed by atoms with van der Waals surface area (Å²) in [7, 11) is 0. The van der Waals surface area contributed by atoms with Crippen LogP contribution < -0.4 is 0 Å². The molecule has 0 aliphatic carbocycles. The van der Waals surface area contributed by atoms with E-state index < -0.39 is 0 Å². The van der Waals surface area contributed by atoms with Crippen LogP contribution in [0.3, 0.4) is 0 Å². The van der Waals surface area contributed by atoms with E-state index in [1.807, 2.05) is 4.90 Å². The van der Waals surface area contributed by atoms with Crippen molar-refractivity contribution in [2.75, 3.05) is 26.2 Å². The van der Waals surface area contributed by atoms with Crippen LogP contribution in [0.25, 0.3) is 0 Å². The molecule has 2 fully saturated rings. The average molecular weight is 210 g/mol. The molecule has 15 heavy (non-hydrogen) atoms. The van der Waals surface area contributed by atoms with Crippen molar-refractivity contribution in [2.45, 2.75) is 39.0 Å². The van der Waals surface area contributed by atoms with Crippen LogP contribution in [0.1, 0.15) is 39.0 Å². The number of hydrogen-bond donors (Lipinski definition) is 0. The Kier molecular flexibility index (Phi) is 3.49. The number of carbonyl (C=O) groups excluding carboxylic acids is 1. The maximum atomic E-state index is 12.0. The van der Waals surface area contributed by atoms with E-state index in [4.69, 9.17) is 0 Å². The minimum Gasteiger partial charge on any atom is -0.325 e. The van der Waals surface area contributed by atoms with Gasteiger partial charge in [-0.05, 0) is 31.6 Å². The second kappa shape index (κ2) is 4.86. The molecule has 2 heterocycles. The summed E-state index contributed by atoms with van der Waals surface area (Å²) in [6.45, 7) is 6.17. The van der Waals surface area contributed by atoms with Crippen molar-refractivity contribution in [3.63, 3.8) is 0 Å². The zero-order chi connectivity index (χ0) is 10.7. The van der Waals surface area contributed by atoms with Crippen LogP contribution in [0.5, 0.6) is 0 Å². The van der Waals surface area contributed by atoms with Gasteiger partial charge in [0.1, 0.15) is 0 Å². The predicted molar refractivity (Wildman–Crippen MR) is 60.8 cm³/mol. The number of urea groups is 1. The summed E-state index contributed by atoms with van der Waals surface area (Å²) in [4.78, 5) is 16.1. The van der Waals surface area contributed by atoms with Crippen molar-refractivity contribution in [1.29, 1.82) is 0 Å². The highest BCUT2D eigenvalue weighted by molar-refractivity contribution is 5.74. The Morgan fingerprint density at radius 3 is 2.13 bits per heavy atom. The molecule has 3 heteroatoms. The van der Waals surface area contributed by atoms with E-state index in [1.165, 1.54) is 32.1 Å². The molecule has 2 amide bonds. The smallest absolute Gasteiger partial charge is 0.319 e. The Labute approximate surface area is 92.4 Å². The molecular formula is C12H22N2O. The van der Waals surface area contributed by atoms with E-state index in [-0.39, 0.29) is 0 Å². The summed E-state index contributed by atoms with van der Waals surface area (Å²) >= 11 is 0. The van der Waals surface area contributed by atoms with Crippen molar-refractivity contribution in [1.82, 2.24) is 9.80 Å². The van der Waals surface area contributed by atoms with Crippen LogP contribution in [0, 0.1) is 5.92 Å². The summed E-state index contributed by atoms with van der Waals surface area (Å²) in [5.74, 6) is 0.854. The van der Waals surface area contributed by atoms with E-state index in [0.29, 0.717) is 6.03 Å². The largest absolute Gasteiger partial charge is 0.325 e. The lowest BCUT2D eigenvalue weighted by atomic mass is 9.95. The van der Waals surface area contributed by atoms with Crippen molar-refractivity contribution >= 4 is 6.03 Å². The summed E-state index contributed by atoms with van der Waals surface area (Å²) < 4.78 is 0. The van der Waals surface area contributed by atoms with Gasteiger partial charge in [-0.15, -0.1) is 0 Å². The van der Waals surface area contributed by atoms with E-state index in [1.54, 1.807) is 0 Å². The first-order chi connectivity index (χ1) is 7.31. The Balaban J connectivity index is 1.81. The number of piperidine rings is 1. The van der Waals surface area contributed by atoms with Crippen molar-refractivity contribution in [2.24, 2.45) is 5.92 Å². The Morgan fingerprint density at radius 2 is 1.60 bits per heavy atom. The number of nitrogens with zero attached hydrogens (tertiary/aromatic N) is 2.